The van der Waals surface area contributed by atoms with Crippen molar-refractivity contribution in [3.63, 3.8) is 0 Å². The minimum Gasteiger partial charge on any atom is -0.378 e. The van der Waals surface area contributed by atoms with Gasteiger partial charge in [0.15, 0.2) is 0 Å². The zero-order chi connectivity index (χ0) is 12.5. The minimum absolute atomic E-state index is 0.110. The standard InChI is InChI=1S/C15H23NO/c1-14(2,17-3)10-12-6-4-5-7-13(12)15(11-16)8-9-15/h4-7H,8-11,16H2,1-3H3. The molecule has 1 aliphatic carbocycles. The van der Waals surface area contributed by atoms with Crippen molar-refractivity contribution in [1.82, 2.24) is 0 Å². The normalized spacial score (nSPS) is 18.1. The van der Waals surface area contributed by atoms with Gasteiger partial charge >= 0.3 is 0 Å². The van der Waals surface area contributed by atoms with E-state index in [-0.39, 0.29) is 11.0 Å². The highest BCUT2D eigenvalue weighted by atomic mass is 16.5. The molecule has 94 valence electrons. The van der Waals surface area contributed by atoms with Gasteiger partial charge in [0.2, 0.25) is 0 Å². The van der Waals surface area contributed by atoms with Crippen molar-refractivity contribution in [2.75, 3.05) is 13.7 Å². The molecule has 1 aromatic carbocycles. The lowest BCUT2D eigenvalue weighted by molar-refractivity contribution is 0.0229. The van der Waals surface area contributed by atoms with Gasteiger partial charge in [0.05, 0.1) is 5.60 Å². The summed E-state index contributed by atoms with van der Waals surface area (Å²) < 4.78 is 5.53. The minimum atomic E-state index is -0.110. The van der Waals surface area contributed by atoms with Crippen molar-refractivity contribution >= 4 is 0 Å². The first-order valence-corrected chi connectivity index (χ1v) is 6.37. The molecule has 1 aromatic rings. The summed E-state index contributed by atoms with van der Waals surface area (Å²) in [6.45, 7) is 5.02. The van der Waals surface area contributed by atoms with Crippen molar-refractivity contribution in [3.8, 4) is 0 Å². The predicted octanol–water partition coefficient (Wildman–Crippen LogP) is 2.64. The molecular weight excluding hydrogens is 210 g/mol. The van der Waals surface area contributed by atoms with Crippen molar-refractivity contribution in [2.45, 2.75) is 44.1 Å². The topological polar surface area (TPSA) is 35.2 Å². The molecule has 2 rings (SSSR count). The zero-order valence-corrected chi connectivity index (χ0v) is 11.1. The van der Waals surface area contributed by atoms with E-state index in [2.05, 4.69) is 38.1 Å². The van der Waals surface area contributed by atoms with E-state index in [1.54, 1.807) is 7.11 Å². The van der Waals surface area contributed by atoms with Gasteiger partial charge in [0.25, 0.3) is 0 Å². The second kappa shape index (κ2) is 4.43. The molecule has 2 N–H and O–H groups in total. The Kier molecular flexibility index (Phi) is 3.28. The number of hydrogen-bond donors (Lipinski definition) is 1. The third kappa shape index (κ3) is 2.53. The number of hydrogen-bond acceptors (Lipinski definition) is 2. The molecular formula is C15H23NO. The third-order valence-electron chi connectivity index (χ3n) is 4.00. The molecule has 2 heteroatoms. The van der Waals surface area contributed by atoms with Crippen LogP contribution in [-0.4, -0.2) is 19.3 Å². The van der Waals surface area contributed by atoms with Gasteiger partial charge < -0.3 is 10.5 Å². The van der Waals surface area contributed by atoms with E-state index in [0.717, 1.165) is 13.0 Å². The maximum atomic E-state index is 5.93. The van der Waals surface area contributed by atoms with Crippen LogP contribution in [0.1, 0.15) is 37.8 Å². The van der Waals surface area contributed by atoms with E-state index in [9.17, 15) is 0 Å². The molecule has 0 bridgehead atoms. The first-order chi connectivity index (χ1) is 8.03. The van der Waals surface area contributed by atoms with Crippen molar-refractivity contribution in [3.05, 3.63) is 35.4 Å². The monoisotopic (exact) mass is 233 g/mol. The fraction of sp³-hybridized carbons (Fsp3) is 0.600. The molecule has 0 atom stereocenters. The van der Waals surface area contributed by atoms with Gasteiger partial charge in [0, 0.05) is 25.5 Å². The van der Waals surface area contributed by atoms with Crippen LogP contribution in [0.15, 0.2) is 24.3 Å². The SMILES string of the molecule is COC(C)(C)Cc1ccccc1C1(CN)CC1. The van der Waals surface area contributed by atoms with Gasteiger partial charge in [-0.05, 0) is 37.8 Å². The van der Waals surface area contributed by atoms with Crippen LogP contribution in [0.2, 0.25) is 0 Å². The Balaban J connectivity index is 2.29. The summed E-state index contributed by atoms with van der Waals surface area (Å²) in [6.07, 6.45) is 3.41. The fourth-order valence-electron chi connectivity index (χ4n) is 2.46. The maximum Gasteiger partial charge on any atom is 0.0663 e. The Bertz CT molecular complexity index is 394. The molecule has 0 unspecified atom stereocenters. The van der Waals surface area contributed by atoms with Gasteiger partial charge in [-0.3, -0.25) is 0 Å². The molecule has 1 aliphatic rings. The Morgan fingerprint density at radius 2 is 1.94 bits per heavy atom. The summed E-state index contributed by atoms with van der Waals surface area (Å²) in [5, 5.41) is 0. The Morgan fingerprint density at radius 1 is 1.29 bits per heavy atom. The average molecular weight is 233 g/mol. The lowest BCUT2D eigenvalue weighted by atomic mass is 9.86. The molecule has 0 amide bonds. The molecule has 0 aromatic heterocycles. The number of rotatable bonds is 5. The average Bonchev–Trinajstić information content (AvgIpc) is 3.10. The van der Waals surface area contributed by atoms with Gasteiger partial charge in [-0.2, -0.15) is 0 Å². The summed E-state index contributed by atoms with van der Waals surface area (Å²) >= 11 is 0. The van der Waals surface area contributed by atoms with E-state index in [0.29, 0.717) is 0 Å². The lowest BCUT2D eigenvalue weighted by Crippen LogP contribution is -2.28. The van der Waals surface area contributed by atoms with Crippen LogP contribution in [-0.2, 0) is 16.6 Å². The second-order valence-corrected chi connectivity index (χ2v) is 5.78. The van der Waals surface area contributed by atoms with E-state index in [1.165, 1.54) is 24.0 Å². The molecule has 1 fully saturated rings. The van der Waals surface area contributed by atoms with Crippen molar-refractivity contribution in [2.24, 2.45) is 5.73 Å². The molecule has 1 saturated carbocycles. The quantitative estimate of drug-likeness (QED) is 0.848. The third-order valence-corrected chi connectivity index (χ3v) is 4.00. The summed E-state index contributed by atoms with van der Waals surface area (Å²) in [7, 11) is 1.78. The van der Waals surface area contributed by atoms with Crippen molar-refractivity contribution in [1.29, 1.82) is 0 Å². The van der Waals surface area contributed by atoms with Crippen LogP contribution in [0.4, 0.5) is 0 Å². The predicted molar refractivity (Wildman–Crippen MR) is 71.2 cm³/mol. The molecule has 0 aliphatic heterocycles. The molecule has 0 radical (unpaired) electrons. The van der Waals surface area contributed by atoms with E-state index in [4.69, 9.17) is 10.5 Å². The molecule has 0 saturated heterocycles. The largest absolute Gasteiger partial charge is 0.378 e. The van der Waals surface area contributed by atoms with Gasteiger partial charge in [-0.25, -0.2) is 0 Å². The highest BCUT2D eigenvalue weighted by Crippen LogP contribution is 2.48. The van der Waals surface area contributed by atoms with E-state index in [1.807, 2.05) is 0 Å². The van der Waals surface area contributed by atoms with Crippen LogP contribution in [0.3, 0.4) is 0 Å². The van der Waals surface area contributed by atoms with Crippen molar-refractivity contribution < 1.29 is 4.74 Å². The summed E-state index contributed by atoms with van der Waals surface area (Å²) in [5.41, 5.74) is 8.92. The molecule has 0 heterocycles. The number of ether oxygens (including phenoxy) is 1. The smallest absolute Gasteiger partial charge is 0.0663 e. The number of nitrogens with two attached hydrogens (primary N) is 1. The number of methoxy groups -OCH3 is 1. The van der Waals surface area contributed by atoms with Gasteiger partial charge in [0.1, 0.15) is 0 Å². The Labute approximate surface area is 104 Å². The summed E-state index contributed by atoms with van der Waals surface area (Å²) in [6, 6.07) is 8.68. The number of benzene rings is 1. The Morgan fingerprint density at radius 3 is 2.47 bits per heavy atom. The van der Waals surface area contributed by atoms with Gasteiger partial charge in [-0.1, -0.05) is 24.3 Å². The Hall–Kier alpha value is -0.860. The maximum absolute atomic E-state index is 5.93. The van der Waals surface area contributed by atoms with Crippen LogP contribution < -0.4 is 5.73 Å². The first-order valence-electron chi connectivity index (χ1n) is 6.37. The molecule has 0 spiro atoms. The highest BCUT2D eigenvalue weighted by molar-refractivity contribution is 5.39. The summed E-state index contributed by atoms with van der Waals surface area (Å²) in [4.78, 5) is 0. The molecule has 17 heavy (non-hydrogen) atoms. The van der Waals surface area contributed by atoms with Gasteiger partial charge in [-0.15, -0.1) is 0 Å². The highest BCUT2D eigenvalue weighted by Gasteiger charge is 2.44. The van der Waals surface area contributed by atoms with E-state index >= 15 is 0 Å². The molecule has 2 nitrogen and oxygen atoms in total. The fourth-order valence-corrected chi connectivity index (χ4v) is 2.46. The van der Waals surface area contributed by atoms with E-state index < -0.39 is 0 Å². The van der Waals surface area contributed by atoms with Crippen LogP contribution in [0.5, 0.6) is 0 Å². The first kappa shape index (κ1) is 12.6. The zero-order valence-electron chi connectivity index (χ0n) is 11.1. The summed E-state index contributed by atoms with van der Waals surface area (Å²) in [5.74, 6) is 0. The van der Waals surface area contributed by atoms with Crippen LogP contribution in [0, 0.1) is 0 Å². The lowest BCUT2D eigenvalue weighted by Gasteiger charge is -2.26. The van der Waals surface area contributed by atoms with Crippen LogP contribution in [0.25, 0.3) is 0 Å². The van der Waals surface area contributed by atoms with Crippen LogP contribution >= 0.6 is 0 Å². The second-order valence-electron chi connectivity index (χ2n) is 5.78.